The molecule has 0 bridgehead atoms. The molecule has 1 saturated heterocycles. The number of carbonyl (C=O) groups is 3. The maximum Gasteiger partial charge on any atom is 0.242 e. The zero-order valence-corrected chi connectivity index (χ0v) is 17.7. The van der Waals surface area contributed by atoms with E-state index in [1.165, 1.54) is 43.4 Å². The van der Waals surface area contributed by atoms with Crippen molar-refractivity contribution in [3.05, 3.63) is 0 Å². The lowest BCUT2D eigenvalue weighted by Gasteiger charge is -2.30. The van der Waals surface area contributed by atoms with Crippen LogP contribution in [0.1, 0.15) is 83.5 Å². The molecule has 3 amide bonds. The van der Waals surface area contributed by atoms with Crippen molar-refractivity contribution >= 4 is 29.5 Å². The Hall–Kier alpha value is -1.04. The number of likely N-dealkylation sites (tertiary alicyclic amines) is 1. The highest BCUT2D eigenvalue weighted by Gasteiger charge is 2.41. The molecule has 1 unspecified atom stereocenters. The Morgan fingerprint density at radius 2 is 1.57 bits per heavy atom. The minimum Gasteiger partial charge on any atom is -0.353 e. The Balaban J connectivity index is 1.22. The molecule has 4 aliphatic rings. The number of nitrogens with one attached hydrogen (secondary N) is 1. The summed E-state index contributed by atoms with van der Waals surface area (Å²) < 4.78 is 0. The summed E-state index contributed by atoms with van der Waals surface area (Å²) in [5.41, 5.74) is 0. The minimum atomic E-state index is -0.149. The fraction of sp³-hybridized carbons (Fsp3) is 0.864. The standard InChI is InChI=1S/C22H34N2O3S/c25-20-13-19(28-18-7-3-4-8-18)22(27)24(20)14-15-9-11-16(12-10-15)21(26)23-17-5-1-2-6-17/h15-19H,1-14H2,(H,23,26). The van der Waals surface area contributed by atoms with Gasteiger partial charge in [0.05, 0.1) is 5.25 Å². The number of hydrogen-bond donors (Lipinski definition) is 1. The smallest absolute Gasteiger partial charge is 0.242 e. The van der Waals surface area contributed by atoms with Crippen LogP contribution in [0.5, 0.6) is 0 Å². The zero-order valence-electron chi connectivity index (χ0n) is 16.9. The van der Waals surface area contributed by atoms with Gasteiger partial charge in [0.15, 0.2) is 0 Å². The van der Waals surface area contributed by atoms with E-state index in [9.17, 15) is 14.4 Å². The van der Waals surface area contributed by atoms with Crippen LogP contribution in [0.15, 0.2) is 0 Å². The quantitative estimate of drug-likeness (QED) is 0.684. The zero-order chi connectivity index (χ0) is 19.5. The molecule has 0 spiro atoms. The summed E-state index contributed by atoms with van der Waals surface area (Å²) >= 11 is 1.75. The van der Waals surface area contributed by atoms with E-state index < -0.39 is 0 Å². The Labute approximate surface area is 172 Å². The number of hydrogen-bond acceptors (Lipinski definition) is 4. The average Bonchev–Trinajstić information content (AvgIpc) is 3.43. The van der Waals surface area contributed by atoms with Gasteiger partial charge in [-0.2, -0.15) is 0 Å². The van der Waals surface area contributed by atoms with Gasteiger partial charge >= 0.3 is 0 Å². The van der Waals surface area contributed by atoms with Gasteiger partial charge in [0.2, 0.25) is 17.7 Å². The van der Waals surface area contributed by atoms with Crippen LogP contribution in [0.4, 0.5) is 0 Å². The van der Waals surface area contributed by atoms with E-state index in [0.717, 1.165) is 38.5 Å². The number of amides is 3. The van der Waals surface area contributed by atoms with E-state index in [4.69, 9.17) is 0 Å². The fourth-order valence-corrected chi connectivity index (χ4v) is 7.01. The molecule has 0 aromatic rings. The highest BCUT2D eigenvalue weighted by Crippen LogP contribution is 2.37. The van der Waals surface area contributed by atoms with E-state index in [-0.39, 0.29) is 28.9 Å². The van der Waals surface area contributed by atoms with E-state index in [1.807, 2.05) is 0 Å². The molecule has 5 nitrogen and oxygen atoms in total. The predicted octanol–water partition coefficient (Wildman–Crippen LogP) is 3.65. The van der Waals surface area contributed by atoms with Gasteiger partial charge in [-0.1, -0.05) is 25.7 Å². The lowest BCUT2D eigenvalue weighted by molar-refractivity contribution is -0.139. The van der Waals surface area contributed by atoms with Crippen molar-refractivity contribution in [1.29, 1.82) is 0 Å². The molecule has 1 heterocycles. The second-order valence-electron chi connectivity index (χ2n) is 9.29. The monoisotopic (exact) mass is 406 g/mol. The van der Waals surface area contributed by atoms with Crippen molar-refractivity contribution in [2.24, 2.45) is 11.8 Å². The highest BCUT2D eigenvalue weighted by atomic mass is 32.2. The second kappa shape index (κ2) is 9.19. The molecule has 156 valence electrons. The van der Waals surface area contributed by atoms with Crippen LogP contribution in [-0.4, -0.2) is 45.7 Å². The molecule has 4 rings (SSSR count). The summed E-state index contributed by atoms with van der Waals surface area (Å²) in [5.74, 6) is 0.766. The molecule has 3 aliphatic carbocycles. The molecule has 28 heavy (non-hydrogen) atoms. The van der Waals surface area contributed by atoms with E-state index in [0.29, 0.717) is 30.2 Å². The van der Waals surface area contributed by atoms with E-state index in [2.05, 4.69) is 5.32 Å². The maximum absolute atomic E-state index is 12.8. The first-order valence-electron chi connectivity index (χ1n) is 11.4. The van der Waals surface area contributed by atoms with Gasteiger partial charge in [-0.15, -0.1) is 11.8 Å². The second-order valence-corrected chi connectivity index (χ2v) is 10.8. The van der Waals surface area contributed by atoms with Crippen LogP contribution in [0.3, 0.4) is 0 Å². The van der Waals surface area contributed by atoms with Crippen molar-refractivity contribution in [3.63, 3.8) is 0 Å². The summed E-state index contributed by atoms with van der Waals surface area (Å²) in [6.45, 7) is 0.566. The summed E-state index contributed by atoms with van der Waals surface area (Å²) in [6.07, 6.45) is 13.7. The molecular weight excluding hydrogens is 372 g/mol. The molecular formula is C22H34N2O3S. The largest absolute Gasteiger partial charge is 0.353 e. The molecule has 0 aromatic heterocycles. The number of thioether (sulfide) groups is 1. The summed E-state index contributed by atoms with van der Waals surface area (Å²) in [4.78, 5) is 39.2. The molecule has 1 atom stereocenters. The Kier molecular flexibility index (Phi) is 6.64. The summed E-state index contributed by atoms with van der Waals surface area (Å²) in [7, 11) is 0. The Bertz CT molecular complexity index is 591. The molecule has 1 N–H and O–H groups in total. The van der Waals surface area contributed by atoms with Crippen molar-refractivity contribution < 1.29 is 14.4 Å². The number of carbonyl (C=O) groups excluding carboxylic acids is 3. The van der Waals surface area contributed by atoms with Gasteiger partial charge in [-0.05, 0) is 57.3 Å². The van der Waals surface area contributed by atoms with Crippen LogP contribution in [0.25, 0.3) is 0 Å². The van der Waals surface area contributed by atoms with E-state index >= 15 is 0 Å². The first-order chi connectivity index (χ1) is 13.6. The van der Waals surface area contributed by atoms with Crippen molar-refractivity contribution in [3.8, 4) is 0 Å². The topological polar surface area (TPSA) is 66.5 Å². The van der Waals surface area contributed by atoms with Crippen LogP contribution >= 0.6 is 11.8 Å². The highest BCUT2D eigenvalue weighted by molar-refractivity contribution is 8.01. The SMILES string of the molecule is O=C(NC1CCCC1)C1CCC(CN2C(=O)CC(SC3CCCC3)C2=O)CC1. The van der Waals surface area contributed by atoms with Gasteiger partial charge in [0, 0.05) is 30.2 Å². The first kappa shape index (κ1) is 20.2. The van der Waals surface area contributed by atoms with Gasteiger partial charge in [-0.25, -0.2) is 0 Å². The van der Waals surface area contributed by atoms with Gasteiger partial charge in [-0.3, -0.25) is 19.3 Å². The van der Waals surface area contributed by atoms with Gasteiger partial charge in [0.1, 0.15) is 0 Å². The first-order valence-corrected chi connectivity index (χ1v) is 12.3. The fourth-order valence-electron chi connectivity index (χ4n) is 5.46. The van der Waals surface area contributed by atoms with Crippen LogP contribution < -0.4 is 5.32 Å². The number of rotatable bonds is 6. The molecule has 1 aliphatic heterocycles. The van der Waals surface area contributed by atoms with E-state index in [1.54, 1.807) is 11.8 Å². The summed E-state index contributed by atoms with van der Waals surface area (Å²) in [6, 6.07) is 0.388. The van der Waals surface area contributed by atoms with Gasteiger partial charge < -0.3 is 5.32 Å². The predicted molar refractivity (Wildman–Crippen MR) is 111 cm³/mol. The molecule has 0 radical (unpaired) electrons. The van der Waals surface area contributed by atoms with Crippen LogP contribution in [0.2, 0.25) is 0 Å². The normalized spacial score (nSPS) is 32.4. The van der Waals surface area contributed by atoms with Crippen molar-refractivity contribution in [1.82, 2.24) is 10.2 Å². The third-order valence-electron chi connectivity index (χ3n) is 7.22. The Morgan fingerprint density at radius 1 is 0.929 bits per heavy atom. The minimum absolute atomic E-state index is 0.0154. The lowest BCUT2D eigenvalue weighted by Crippen LogP contribution is -2.41. The van der Waals surface area contributed by atoms with Crippen molar-refractivity contribution in [2.45, 2.75) is 100 Å². The number of imide groups is 1. The number of nitrogens with zero attached hydrogens (tertiary/aromatic N) is 1. The molecule has 6 heteroatoms. The van der Waals surface area contributed by atoms with Gasteiger partial charge in [0.25, 0.3) is 0 Å². The maximum atomic E-state index is 12.8. The molecule has 3 saturated carbocycles. The molecule has 4 fully saturated rings. The molecule has 0 aromatic carbocycles. The van der Waals surface area contributed by atoms with Crippen LogP contribution in [0, 0.1) is 11.8 Å². The summed E-state index contributed by atoms with van der Waals surface area (Å²) in [5, 5.41) is 3.65. The lowest BCUT2D eigenvalue weighted by atomic mass is 9.81. The van der Waals surface area contributed by atoms with Crippen LogP contribution in [-0.2, 0) is 14.4 Å². The van der Waals surface area contributed by atoms with Crippen molar-refractivity contribution in [2.75, 3.05) is 6.54 Å². The third kappa shape index (κ3) is 4.74. The average molecular weight is 407 g/mol. The Morgan fingerprint density at radius 3 is 2.25 bits per heavy atom. The third-order valence-corrected chi connectivity index (χ3v) is 8.77.